The largest absolute Gasteiger partial charge is 0.396 e. The van der Waals surface area contributed by atoms with Gasteiger partial charge in [-0.3, -0.25) is 0 Å². The summed E-state index contributed by atoms with van der Waals surface area (Å²) in [5.41, 5.74) is 2.71. The highest BCUT2D eigenvalue weighted by Crippen LogP contribution is 2.21. The lowest BCUT2D eigenvalue weighted by molar-refractivity contribution is 0.219. The lowest BCUT2D eigenvalue weighted by Crippen LogP contribution is -2.29. The van der Waals surface area contributed by atoms with Gasteiger partial charge in [0.05, 0.1) is 0 Å². The van der Waals surface area contributed by atoms with Gasteiger partial charge in [0.15, 0.2) is 0 Å². The molecule has 0 bridgehead atoms. The zero-order chi connectivity index (χ0) is 15.1. The highest BCUT2D eigenvalue weighted by atomic mass is 16.3. The van der Waals surface area contributed by atoms with Crippen molar-refractivity contribution in [3.8, 4) is 0 Å². The summed E-state index contributed by atoms with van der Waals surface area (Å²) in [6, 6.07) is 9.35. The second-order valence-electron chi connectivity index (χ2n) is 6.34. The van der Waals surface area contributed by atoms with Gasteiger partial charge in [-0.2, -0.15) is 0 Å². The molecule has 1 aromatic carbocycles. The van der Waals surface area contributed by atoms with Crippen molar-refractivity contribution < 1.29 is 5.11 Å². The Kier molecular flexibility index (Phi) is 6.68. The van der Waals surface area contributed by atoms with Gasteiger partial charge in [-0.1, -0.05) is 36.8 Å². The molecule has 0 radical (unpaired) electrons. The van der Waals surface area contributed by atoms with Crippen LogP contribution in [0.3, 0.4) is 0 Å². The van der Waals surface area contributed by atoms with Crippen molar-refractivity contribution in [2.75, 3.05) is 32.8 Å². The van der Waals surface area contributed by atoms with Gasteiger partial charge in [-0.15, -0.1) is 0 Å². The van der Waals surface area contributed by atoms with E-state index in [1.165, 1.54) is 17.5 Å². The molecule has 1 heterocycles. The molecule has 2 atom stereocenters. The maximum absolute atomic E-state index is 9.24. The maximum atomic E-state index is 9.24. The molecule has 0 spiro atoms. The summed E-state index contributed by atoms with van der Waals surface area (Å²) < 4.78 is 0. The number of nitrogens with zero attached hydrogens (tertiary/aromatic N) is 1. The fourth-order valence-corrected chi connectivity index (χ4v) is 3.08. The topological polar surface area (TPSA) is 35.5 Å². The fourth-order valence-electron chi connectivity index (χ4n) is 3.08. The Bertz CT molecular complexity index is 404. The summed E-state index contributed by atoms with van der Waals surface area (Å²) in [4.78, 5) is 2.50. The zero-order valence-electron chi connectivity index (χ0n) is 13.5. The molecular formula is C18H30N2O. The molecule has 21 heavy (non-hydrogen) atoms. The molecule has 0 saturated carbocycles. The lowest BCUT2D eigenvalue weighted by atomic mass is 10.0. The Labute approximate surface area is 129 Å². The quantitative estimate of drug-likeness (QED) is 0.773. The van der Waals surface area contributed by atoms with E-state index in [4.69, 9.17) is 0 Å². The van der Waals surface area contributed by atoms with Gasteiger partial charge in [-0.05, 0) is 57.3 Å². The van der Waals surface area contributed by atoms with Gasteiger partial charge >= 0.3 is 0 Å². The van der Waals surface area contributed by atoms with Crippen LogP contribution in [0.2, 0.25) is 0 Å². The van der Waals surface area contributed by atoms with Crippen LogP contribution in [0.5, 0.6) is 0 Å². The summed E-state index contributed by atoms with van der Waals surface area (Å²) in [7, 11) is 0. The van der Waals surface area contributed by atoms with E-state index in [2.05, 4.69) is 48.3 Å². The van der Waals surface area contributed by atoms with Crippen LogP contribution in [0.4, 0.5) is 0 Å². The van der Waals surface area contributed by atoms with Crippen molar-refractivity contribution in [3.05, 3.63) is 35.4 Å². The van der Waals surface area contributed by atoms with Crippen LogP contribution < -0.4 is 5.32 Å². The number of likely N-dealkylation sites (tertiary alicyclic amines) is 1. The second kappa shape index (κ2) is 8.52. The molecule has 1 aliphatic rings. The van der Waals surface area contributed by atoms with Crippen molar-refractivity contribution in [2.45, 2.75) is 39.2 Å². The van der Waals surface area contributed by atoms with Gasteiger partial charge in [0.25, 0.3) is 0 Å². The van der Waals surface area contributed by atoms with Crippen molar-refractivity contribution in [3.63, 3.8) is 0 Å². The summed E-state index contributed by atoms with van der Waals surface area (Å²) >= 11 is 0. The minimum Gasteiger partial charge on any atom is -0.396 e. The number of aliphatic hydroxyl groups is 1. The number of rotatable bonds is 8. The Hall–Kier alpha value is -0.900. The molecule has 2 N–H and O–H groups in total. The highest BCUT2D eigenvalue weighted by Gasteiger charge is 2.22. The van der Waals surface area contributed by atoms with Crippen molar-refractivity contribution >= 4 is 0 Å². The zero-order valence-corrected chi connectivity index (χ0v) is 13.5. The maximum Gasteiger partial charge on any atom is 0.0471 e. The van der Waals surface area contributed by atoms with E-state index in [0.717, 1.165) is 39.0 Å². The lowest BCUT2D eigenvalue weighted by Gasteiger charge is -2.23. The van der Waals surface area contributed by atoms with Crippen LogP contribution in [0.1, 0.15) is 43.4 Å². The standard InChI is InChI=1S/C18H30N2O/c1-3-10-19-18(17-6-4-15(2)5-7-17)9-12-20-11-8-16(13-20)14-21/h4-7,16,18-19,21H,3,8-14H2,1-2H3. The molecule has 1 fully saturated rings. The summed E-state index contributed by atoms with van der Waals surface area (Å²) in [6.07, 6.45) is 3.45. The van der Waals surface area contributed by atoms with E-state index >= 15 is 0 Å². The van der Waals surface area contributed by atoms with E-state index in [9.17, 15) is 5.11 Å². The van der Waals surface area contributed by atoms with Crippen molar-refractivity contribution in [1.82, 2.24) is 10.2 Å². The number of aliphatic hydroxyl groups excluding tert-OH is 1. The smallest absolute Gasteiger partial charge is 0.0471 e. The molecule has 2 rings (SSSR count). The molecule has 3 heteroatoms. The van der Waals surface area contributed by atoms with Gasteiger partial charge < -0.3 is 15.3 Å². The first-order valence-electron chi connectivity index (χ1n) is 8.36. The number of benzene rings is 1. The highest BCUT2D eigenvalue weighted by molar-refractivity contribution is 5.24. The average Bonchev–Trinajstić information content (AvgIpc) is 2.97. The van der Waals surface area contributed by atoms with Gasteiger partial charge in [0, 0.05) is 19.2 Å². The Morgan fingerprint density at radius 3 is 2.71 bits per heavy atom. The van der Waals surface area contributed by atoms with Crippen LogP contribution in [0.25, 0.3) is 0 Å². The van der Waals surface area contributed by atoms with Gasteiger partial charge in [-0.25, -0.2) is 0 Å². The monoisotopic (exact) mass is 290 g/mol. The van der Waals surface area contributed by atoms with E-state index < -0.39 is 0 Å². The molecule has 1 aliphatic heterocycles. The second-order valence-corrected chi connectivity index (χ2v) is 6.34. The molecule has 2 unspecified atom stereocenters. The van der Waals surface area contributed by atoms with Crippen LogP contribution in [0, 0.1) is 12.8 Å². The van der Waals surface area contributed by atoms with Crippen LogP contribution in [0.15, 0.2) is 24.3 Å². The normalized spacial score (nSPS) is 20.8. The summed E-state index contributed by atoms with van der Waals surface area (Å²) in [5, 5.41) is 12.9. The number of hydrogen-bond acceptors (Lipinski definition) is 3. The Balaban J connectivity index is 1.89. The predicted octanol–water partition coefficient (Wildman–Crippen LogP) is 2.74. The van der Waals surface area contributed by atoms with Gasteiger partial charge in [0.1, 0.15) is 0 Å². The molecule has 0 aromatic heterocycles. The number of hydrogen-bond donors (Lipinski definition) is 2. The van der Waals surface area contributed by atoms with Crippen molar-refractivity contribution in [2.24, 2.45) is 5.92 Å². The van der Waals surface area contributed by atoms with Crippen LogP contribution in [-0.4, -0.2) is 42.8 Å². The van der Waals surface area contributed by atoms with Crippen molar-refractivity contribution in [1.29, 1.82) is 0 Å². The SMILES string of the molecule is CCCNC(CCN1CCC(CO)C1)c1ccc(C)cc1. The number of aryl methyl sites for hydroxylation is 1. The molecule has 3 nitrogen and oxygen atoms in total. The van der Waals surface area contributed by atoms with E-state index in [0.29, 0.717) is 18.6 Å². The van der Waals surface area contributed by atoms with Crippen LogP contribution in [-0.2, 0) is 0 Å². The molecule has 0 amide bonds. The first kappa shape index (κ1) is 16.5. The van der Waals surface area contributed by atoms with Crippen LogP contribution >= 0.6 is 0 Å². The summed E-state index contributed by atoms with van der Waals surface area (Å²) in [6.45, 7) is 9.07. The Morgan fingerprint density at radius 2 is 2.10 bits per heavy atom. The minimum atomic E-state index is 0.339. The predicted molar refractivity (Wildman–Crippen MR) is 88.5 cm³/mol. The first-order chi connectivity index (χ1) is 10.2. The van der Waals surface area contributed by atoms with E-state index in [1.54, 1.807) is 0 Å². The first-order valence-corrected chi connectivity index (χ1v) is 8.36. The minimum absolute atomic E-state index is 0.339. The van der Waals surface area contributed by atoms with E-state index in [1.807, 2.05) is 0 Å². The number of nitrogens with one attached hydrogen (secondary N) is 1. The summed E-state index contributed by atoms with van der Waals surface area (Å²) in [5.74, 6) is 0.492. The van der Waals surface area contributed by atoms with E-state index in [-0.39, 0.29) is 0 Å². The molecule has 1 aromatic rings. The molecule has 1 saturated heterocycles. The molecular weight excluding hydrogens is 260 g/mol. The third-order valence-electron chi connectivity index (χ3n) is 4.48. The molecule has 118 valence electrons. The third-order valence-corrected chi connectivity index (χ3v) is 4.48. The third kappa shape index (κ3) is 5.10. The fraction of sp³-hybridized carbons (Fsp3) is 0.667. The average molecular weight is 290 g/mol. The Morgan fingerprint density at radius 1 is 1.33 bits per heavy atom. The van der Waals surface area contributed by atoms with Gasteiger partial charge in [0.2, 0.25) is 0 Å². The molecule has 0 aliphatic carbocycles.